The highest BCUT2D eigenvalue weighted by molar-refractivity contribution is 6.29. The van der Waals surface area contributed by atoms with Crippen LogP contribution in [-0.4, -0.2) is 33.2 Å². The van der Waals surface area contributed by atoms with E-state index in [0.29, 0.717) is 11.7 Å². The lowest BCUT2D eigenvalue weighted by atomic mass is 10.3. The number of nitrogens with zero attached hydrogens (tertiary/aromatic N) is 2. The monoisotopic (exact) mass is 232 g/mol. The standard InChI is InChI=1S/C8H13ClN4O2/c1-13-6(9)3-12-7(13)4-11-2-5(14)8(10)15/h3,5,11,14H,2,4H2,1H3,(H2,10,15). The second-order valence-corrected chi connectivity index (χ2v) is 3.49. The van der Waals surface area contributed by atoms with Crippen LogP contribution in [-0.2, 0) is 18.4 Å². The third kappa shape index (κ3) is 3.19. The summed E-state index contributed by atoms with van der Waals surface area (Å²) in [4.78, 5) is 14.5. The molecule has 1 amide bonds. The second kappa shape index (κ2) is 5.11. The summed E-state index contributed by atoms with van der Waals surface area (Å²) in [5, 5.41) is 12.5. The van der Waals surface area contributed by atoms with Crippen LogP contribution in [0, 0.1) is 0 Å². The van der Waals surface area contributed by atoms with Gasteiger partial charge in [0.15, 0.2) is 0 Å². The fraction of sp³-hybridized carbons (Fsp3) is 0.500. The van der Waals surface area contributed by atoms with Gasteiger partial charge in [-0.15, -0.1) is 0 Å². The summed E-state index contributed by atoms with van der Waals surface area (Å²) >= 11 is 5.77. The van der Waals surface area contributed by atoms with E-state index in [9.17, 15) is 4.79 Å². The van der Waals surface area contributed by atoms with Crippen molar-refractivity contribution in [2.24, 2.45) is 12.8 Å². The predicted octanol–water partition coefficient (Wildman–Crippen LogP) is -0.991. The van der Waals surface area contributed by atoms with E-state index in [1.54, 1.807) is 11.6 Å². The molecule has 0 aromatic carbocycles. The number of amides is 1. The molecule has 1 rings (SSSR count). The molecule has 0 radical (unpaired) electrons. The van der Waals surface area contributed by atoms with Gasteiger partial charge in [-0.1, -0.05) is 11.6 Å². The van der Waals surface area contributed by atoms with E-state index < -0.39 is 12.0 Å². The zero-order valence-electron chi connectivity index (χ0n) is 8.27. The number of imidazole rings is 1. The van der Waals surface area contributed by atoms with Crippen molar-refractivity contribution in [1.29, 1.82) is 0 Å². The highest BCUT2D eigenvalue weighted by Crippen LogP contribution is 2.08. The Labute approximate surface area is 92.0 Å². The highest BCUT2D eigenvalue weighted by Gasteiger charge is 2.10. The first-order valence-electron chi connectivity index (χ1n) is 4.36. The topological polar surface area (TPSA) is 93.2 Å². The number of carbonyl (C=O) groups excluding carboxylic acids is 1. The molecule has 4 N–H and O–H groups in total. The first-order valence-corrected chi connectivity index (χ1v) is 4.74. The number of nitrogens with one attached hydrogen (secondary N) is 1. The second-order valence-electron chi connectivity index (χ2n) is 3.11. The number of primary amides is 1. The molecule has 0 aliphatic carbocycles. The first kappa shape index (κ1) is 12.0. The molecule has 0 aliphatic heterocycles. The molecule has 6 nitrogen and oxygen atoms in total. The molecule has 1 aromatic heterocycles. The molecule has 1 heterocycles. The van der Waals surface area contributed by atoms with Crippen molar-refractivity contribution < 1.29 is 9.90 Å². The maximum absolute atomic E-state index is 10.5. The molecular formula is C8H13ClN4O2. The first-order chi connectivity index (χ1) is 7.02. The van der Waals surface area contributed by atoms with Crippen molar-refractivity contribution in [3.8, 4) is 0 Å². The van der Waals surface area contributed by atoms with Gasteiger partial charge in [-0.2, -0.15) is 0 Å². The minimum Gasteiger partial charge on any atom is -0.382 e. The van der Waals surface area contributed by atoms with Crippen LogP contribution >= 0.6 is 11.6 Å². The molecular weight excluding hydrogens is 220 g/mol. The van der Waals surface area contributed by atoms with Crippen molar-refractivity contribution >= 4 is 17.5 Å². The Kier molecular flexibility index (Phi) is 4.07. The maximum atomic E-state index is 10.5. The molecule has 0 saturated carbocycles. The van der Waals surface area contributed by atoms with E-state index in [1.165, 1.54) is 6.20 Å². The Morgan fingerprint density at radius 2 is 2.53 bits per heavy atom. The smallest absolute Gasteiger partial charge is 0.247 e. The summed E-state index contributed by atoms with van der Waals surface area (Å²) in [6.07, 6.45) is 0.351. The number of hydrogen-bond donors (Lipinski definition) is 3. The zero-order chi connectivity index (χ0) is 11.4. The SMILES string of the molecule is Cn1c(Cl)cnc1CNCC(O)C(N)=O. The van der Waals surface area contributed by atoms with Crippen LogP contribution < -0.4 is 11.1 Å². The molecule has 15 heavy (non-hydrogen) atoms. The minimum absolute atomic E-state index is 0.0970. The molecule has 1 atom stereocenters. The van der Waals surface area contributed by atoms with Crippen LogP contribution in [0.2, 0.25) is 5.15 Å². The Hall–Kier alpha value is -1.11. The van der Waals surface area contributed by atoms with Gasteiger partial charge in [0.05, 0.1) is 12.7 Å². The zero-order valence-corrected chi connectivity index (χ0v) is 9.03. The van der Waals surface area contributed by atoms with Gasteiger partial charge in [-0.3, -0.25) is 4.79 Å². The van der Waals surface area contributed by atoms with Gasteiger partial charge in [0.1, 0.15) is 17.1 Å². The Morgan fingerprint density at radius 1 is 1.87 bits per heavy atom. The van der Waals surface area contributed by atoms with E-state index in [-0.39, 0.29) is 6.54 Å². The summed E-state index contributed by atoms with van der Waals surface area (Å²) < 4.78 is 1.70. The van der Waals surface area contributed by atoms with Crippen molar-refractivity contribution in [2.75, 3.05) is 6.54 Å². The van der Waals surface area contributed by atoms with E-state index in [1.807, 2.05) is 0 Å². The van der Waals surface area contributed by atoms with Crippen LogP contribution in [0.5, 0.6) is 0 Å². The summed E-state index contributed by atoms with van der Waals surface area (Å²) in [7, 11) is 1.77. The molecule has 84 valence electrons. The van der Waals surface area contributed by atoms with Gasteiger partial charge >= 0.3 is 0 Å². The average molecular weight is 233 g/mol. The third-order valence-corrected chi connectivity index (χ3v) is 2.33. The molecule has 1 unspecified atom stereocenters. The normalized spacial score (nSPS) is 12.7. The highest BCUT2D eigenvalue weighted by atomic mass is 35.5. The van der Waals surface area contributed by atoms with E-state index in [0.717, 1.165) is 5.82 Å². The van der Waals surface area contributed by atoms with Gasteiger partial charge in [0, 0.05) is 13.6 Å². The molecule has 0 aliphatic rings. The van der Waals surface area contributed by atoms with Gasteiger partial charge in [0.2, 0.25) is 5.91 Å². The molecule has 0 saturated heterocycles. The van der Waals surface area contributed by atoms with E-state index in [4.69, 9.17) is 22.4 Å². The number of carbonyl (C=O) groups is 1. The Morgan fingerprint density at radius 3 is 3.00 bits per heavy atom. The number of aliphatic hydroxyl groups excluding tert-OH is 1. The predicted molar refractivity (Wildman–Crippen MR) is 55.1 cm³/mol. The molecule has 0 spiro atoms. The number of hydrogen-bond acceptors (Lipinski definition) is 4. The lowest BCUT2D eigenvalue weighted by Gasteiger charge is -2.08. The van der Waals surface area contributed by atoms with Gasteiger partial charge in [-0.25, -0.2) is 4.98 Å². The Bertz CT molecular complexity index is 352. The van der Waals surface area contributed by atoms with Crippen molar-refractivity contribution in [1.82, 2.24) is 14.9 Å². The Balaban J connectivity index is 2.38. The average Bonchev–Trinajstić information content (AvgIpc) is 2.49. The van der Waals surface area contributed by atoms with Crippen LogP contribution in [0.25, 0.3) is 0 Å². The van der Waals surface area contributed by atoms with Crippen molar-refractivity contribution in [2.45, 2.75) is 12.6 Å². The third-order valence-electron chi connectivity index (χ3n) is 1.98. The lowest BCUT2D eigenvalue weighted by Crippen LogP contribution is -2.37. The van der Waals surface area contributed by atoms with E-state index in [2.05, 4.69) is 10.3 Å². The van der Waals surface area contributed by atoms with Gasteiger partial charge in [0.25, 0.3) is 0 Å². The maximum Gasteiger partial charge on any atom is 0.247 e. The summed E-state index contributed by atoms with van der Waals surface area (Å²) in [6, 6.07) is 0. The summed E-state index contributed by atoms with van der Waals surface area (Å²) in [5.41, 5.74) is 4.88. The van der Waals surface area contributed by atoms with Crippen LogP contribution in [0.4, 0.5) is 0 Å². The number of rotatable bonds is 5. The number of halogens is 1. The van der Waals surface area contributed by atoms with Crippen LogP contribution in [0.15, 0.2) is 6.20 Å². The van der Waals surface area contributed by atoms with E-state index >= 15 is 0 Å². The largest absolute Gasteiger partial charge is 0.382 e. The van der Waals surface area contributed by atoms with Crippen LogP contribution in [0.3, 0.4) is 0 Å². The minimum atomic E-state index is -1.18. The summed E-state index contributed by atoms with van der Waals surface area (Å²) in [5.74, 6) is -0.0305. The fourth-order valence-electron chi connectivity index (χ4n) is 1.01. The molecule has 0 bridgehead atoms. The van der Waals surface area contributed by atoms with Crippen molar-refractivity contribution in [3.63, 3.8) is 0 Å². The number of aliphatic hydroxyl groups is 1. The summed E-state index contributed by atoms with van der Waals surface area (Å²) in [6.45, 7) is 0.507. The van der Waals surface area contributed by atoms with Crippen molar-refractivity contribution in [3.05, 3.63) is 17.2 Å². The molecule has 0 fully saturated rings. The number of aromatic nitrogens is 2. The quantitative estimate of drug-likeness (QED) is 0.608. The molecule has 1 aromatic rings. The number of nitrogens with two attached hydrogens (primary N) is 1. The van der Waals surface area contributed by atoms with Gasteiger partial charge in [-0.05, 0) is 0 Å². The van der Waals surface area contributed by atoms with Crippen LogP contribution in [0.1, 0.15) is 5.82 Å². The molecule has 7 heteroatoms. The lowest BCUT2D eigenvalue weighted by molar-refractivity contribution is -0.125. The fourth-order valence-corrected chi connectivity index (χ4v) is 1.16. The van der Waals surface area contributed by atoms with Gasteiger partial charge < -0.3 is 20.7 Å².